The maximum atomic E-state index is 2.56. The summed E-state index contributed by atoms with van der Waals surface area (Å²) < 4.78 is 0. The summed E-state index contributed by atoms with van der Waals surface area (Å²) in [6.45, 7) is 7.30. The highest BCUT2D eigenvalue weighted by molar-refractivity contribution is 8.04. The highest BCUT2D eigenvalue weighted by atomic mass is 32.2. The monoisotopic (exact) mass is 530 g/mol. The fourth-order valence-electron chi connectivity index (χ4n) is 8.17. The van der Waals surface area contributed by atoms with Gasteiger partial charge < -0.3 is 0 Å². The van der Waals surface area contributed by atoms with Crippen molar-refractivity contribution >= 4 is 35.6 Å². The first-order chi connectivity index (χ1) is 19.2. The van der Waals surface area contributed by atoms with E-state index in [-0.39, 0.29) is 0 Å². The molecule has 200 valence electrons. The van der Waals surface area contributed by atoms with Crippen molar-refractivity contribution in [2.75, 3.05) is 0 Å². The van der Waals surface area contributed by atoms with Crippen molar-refractivity contribution in [2.45, 2.75) is 89.7 Å². The topological polar surface area (TPSA) is 0 Å². The van der Waals surface area contributed by atoms with Gasteiger partial charge in [-0.05, 0) is 119 Å². The Hall–Kier alpha value is -2.51. The molecule has 4 aliphatic carbocycles. The van der Waals surface area contributed by atoms with E-state index in [0.717, 1.165) is 19.3 Å². The summed E-state index contributed by atoms with van der Waals surface area (Å²) in [5, 5.41) is 0.656. The second-order valence-corrected chi connectivity index (χ2v) is 13.8. The maximum Gasteiger partial charge on any atom is 0.0181 e. The lowest BCUT2D eigenvalue weighted by Gasteiger charge is -2.38. The molecule has 0 radical (unpaired) electrons. The summed E-state index contributed by atoms with van der Waals surface area (Å²) in [4.78, 5) is 1.75. The van der Waals surface area contributed by atoms with Crippen molar-refractivity contribution in [3.8, 4) is 0 Å². The average molecular weight is 531 g/mol. The zero-order valence-electron chi connectivity index (χ0n) is 23.9. The van der Waals surface area contributed by atoms with Crippen molar-refractivity contribution in [2.24, 2.45) is 11.8 Å². The second kappa shape index (κ2) is 10.5. The molecule has 4 atom stereocenters. The molecule has 0 spiro atoms. The van der Waals surface area contributed by atoms with Gasteiger partial charge in [-0.1, -0.05) is 93.1 Å². The van der Waals surface area contributed by atoms with Gasteiger partial charge in [-0.3, -0.25) is 0 Å². The Labute approximate surface area is 240 Å². The van der Waals surface area contributed by atoms with Crippen molar-refractivity contribution in [3.63, 3.8) is 0 Å². The van der Waals surface area contributed by atoms with Crippen LogP contribution in [0.5, 0.6) is 0 Å². The van der Waals surface area contributed by atoms with Gasteiger partial charge in [0.1, 0.15) is 0 Å². The third-order valence-electron chi connectivity index (χ3n) is 10.0. The van der Waals surface area contributed by atoms with Crippen LogP contribution in [0.1, 0.15) is 110 Å². The van der Waals surface area contributed by atoms with Gasteiger partial charge in [-0.2, -0.15) is 0 Å². The third-order valence-corrected chi connectivity index (χ3v) is 11.5. The minimum absolute atomic E-state index is 0.567. The molecule has 4 unspecified atom stereocenters. The molecule has 7 rings (SSSR count). The minimum Gasteiger partial charge on any atom is -0.126 e. The molecule has 5 aliphatic rings. The van der Waals surface area contributed by atoms with Crippen molar-refractivity contribution in [1.29, 1.82) is 0 Å². The molecule has 2 aromatic rings. The summed E-state index contributed by atoms with van der Waals surface area (Å²) in [6, 6.07) is 9.02. The highest BCUT2D eigenvalue weighted by Gasteiger charge is 2.42. The third kappa shape index (κ3) is 4.28. The van der Waals surface area contributed by atoms with Crippen LogP contribution in [0.4, 0.5) is 0 Å². The highest BCUT2D eigenvalue weighted by Crippen LogP contribution is 2.58. The normalized spacial score (nSPS) is 27.3. The molecule has 0 saturated carbocycles. The van der Waals surface area contributed by atoms with Crippen LogP contribution in [0.2, 0.25) is 0 Å². The van der Waals surface area contributed by atoms with Gasteiger partial charge in [0.2, 0.25) is 0 Å². The summed E-state index contributed by atoms with van der Waals surface area (Å²) in [7, 11) is 0. The molecule has 1 heterocycles. The quantitative estimate of drug-likeness (QED) is 0.354. The van der Waals surface area contributed by atoms with Crippen molar-refractivity contribution in [1.82, 2.24) is 0 Å². The number of fused-ring (bicyclic) bond motifs is 3. The Morgan fingerprint density at radius 1 is 0.897 bits per heavy atom. The lowest BCUT2D eigenvalue weighted by Crippen LogP contribution is -2.23. The summed E-state index contributed by atoms with van der Waals surface area (Å²) >= 11 is 2.22. The number of benzene rings is 2. The Morgan fingerprint density at radius 3 is 2.38 bits per heavy atom. The first-order valence-electron chi connectivity index (χ1n) is 15.6. The zero-order chi connectivity index (χ0) is 26.5. The van der Waals surface area contributed by atoms with Crippen LogP contribution in [0.3, 0.4) is 0 Å². The fraction of sp³-hybridized carbons (Fsp3) is 0.421. The van der Waals surface area contributed by atoms with Crippen LogP contribution in [-0.2, 0) is 19.3 Å². The molecule has 0 amide bonds. The number of hydrogen-bond acceptors (Lipinski definition) is 1. The standard InChI is InChI=1S/C38H42S/c1-4-5-14-29-25(3)39-38-34(29)22-19-24(2)35(38)37-32-17-10-8-15-30(32)36(31-16-9-11-18-33(31)37)28-21-20-26-12-6-7-13-27(26)23-28/h5-9,12-16,23-25,29,35H,4,10-11,17-22H2,1-3H3/b14-5-. The number of hydrogen-bond donors (Lipinski definition) is 0. The molecule has 0 N–H and O–H groups in total. The van der Waals surface area contributed by atoms with E-state index >= 15 is 0 Å². The summed E-state index contributed by atoms with van der Waals surface area (Å²) in [6.07, 6.45) is 28.1. The van der Waals surface area contributed by atoms with Crippen LogP contribution in [0, 0.1) is 11.8 Å². The van der Waals surface area contributed by atoms with Gasteiger partial charge in [0.15, 0.2) is 0 Å². The lowest BCUT2D eigenvalue weighted by atomic mass is 9.67. The van der Waals surface area contributed by atoms with Gasteiger partial charge in [0, 0.05) is 17.1 Å². The number of thioether (sulfide) groups is 1. The van der Waals surface area contributed by atoms with Crippen LogP contribution in [0.15, 0.2) is 59.0 Å². The fourth-order valence-corrected chi connectivity index (χ4v) is 9.86. The van der Waals surface area contributed by atoms with E-state index < -0.39 is 0 Å². The van der Waals surface area contributed by atoms with Crippen LogP contribution in [-0.4, -0.2) is 5.25 Å². The molecule has 0 fully saturated rings. The Kier molecular flexibility index (Phi) is 6.84. The van der Waals surface area contributed by atoms with Gasteiger partial charge in [0.05, 0.1) is 0 Å². The molecule has 1 heteroatoms. The second-order valence-electron chi connectivity index (χ2n) is 12.4. The van der Waals surface area contributed by atoms with E-state index in [2.05, 4.69) is 99.3 Å². The lowest BCUT2D eigenvalue weighted by molar-refractivity contribution is 0.438. The van der Waals surface area contributed by atoms with Crippen LogP contribution in [0.25, 0.3) is 23.8 Å². The van der Waals surface area contributed by atoms with E-state index in [1.807, 2.05) is 0 Å². The van der Waals surface area contributed by atoms with Crippen molar-refractivity contribution in [3.05, 3.63) is 104 Å². The Balaban J connectivity index is 1.45. The van der Waals surface area contributed by atoms with E-state index in [4.69, 9.17) is 0 Å². The molecule has 1 aliphatic heterocycles. The SMILES string of the molecule is CC/C=C\C1C2=C(SC1C)C(c1c3c(c(C4=Cc5ccccc5CC4)c4c1CCC=C4)C=CCC3)C(C)CC2. The van der Waals surface area contributed by atoms with E-state index in [1.54, 1.807) is 49.4 Å². The van der Waals surface area contributed by atoms with E-state index in [0.29, 0.717) is 23.0 Å². The van der Waals surface area contributed by atoms with Crippen LogP contribution >= 0.6 is 11.8 Å². The molecule has 0 bridgehead atoms. The van der Waals surface area contributed by atoms with E-state index in [9.17, 15) is 0 Å². The predicted octanol–water partition coefficient (Wildman–Crippen LogP) is 10.6. The number of allylic oxidation sites excluding steroid dienone is 7. The Bertz CT molecular complexity index is 1410. The number of rotatable bonds is 4. The summed E-state index contributed by atoms with van der Waals surface area (Å²) in [5.74, 6) is 1.89. The van der Waals surface area contributed by atoms with Gasteiger partial charge in [0.25, 0.3) is 0 Å². The van der Waals surface area contributed by atoms with Gasteiger partial charge in [-0.15, -0.1) is 11.8 Å². The first kappa shape index (κ1) is 25.5. The minimum atomic E-state index is 0.567. The van der Waals surface area contributed by atoms with Gasteiger partial charge >= 0.3 is 0 Å². The first-order valence-corrected chi connectivity index (χ1v) is 16.4. The molecule has 39 heavy (non-hydrogen) atoms. The molecular formula is C38H42S. The smallest absolute Gasteiger partial charge is 0.0181 e. The average Bonchev–Trinajstić information content (AvgIpc) is 3.29. The Morgan fingerprint density at radius 2 is 1.64 bits per heavy atom. The molecule has 0 saturated heterocycles. The number of aryl methyl sites for hydroxylation is 1. The zero-order valence-corrected chi connectivity index (χ0v) is 24.7. The maximum absolute atomic E-state index is 2.56. The molecular weight excluding hydrogens is 488 g/mol. The van der Waals surface area contributed by atoms with Crippen LogP contribution < -0.4 is 0 Å². The predicted molar refractivity (Wildman–Crippen MR) is 172 cm³/mol. The largest absolute Gasteiger partial charge is 0.126 e. The molecule has 2 aromatic carbocycles. The van der Waals surface area contributed by atoms with Gasteiger partial charge in [-0.25, -0.2) is 0 Å². The molecule has 0 aromatic heterocycles. The van der Waals surface area contributed by atoms with E-state index in [1.165, 1.54) is 49.7 Å². The molecule has 0 nitrogen and oxygen atoms in total. The summed E-state index contributed by atoms with van der Waals surface area (Å²) in [5.41, 5.74) is 16.0. The van der Waals surface area contributed by atoms with Crippen molar-refractivity contribution < 1.29 is 0 Å².